The standard InChI is InChI=1S/C14H19NO6S/c1-3-21-14(18)13-12(11(17)8-16)15(13)22(19,20)10-6-4-9(2)5-7-10/h4-7,11-13,16-17H,3,8H2,1-2H3/t11-,12+,13-,15?/m1/s1. The first kappa shape index (κ1) is 16.9. The molecule has 0 spiro atoms. The van der Waals surface area contributed by atoms with Crippen molar-refractivity contribution < 1.29 is 28.2 Å². The van der Waals surface area contributed by atoms with Crippen LogP contribution in [0.1, 0.15) is 12.5 Å². The lowest BCUT2D eigenvalue weighted by atomic mass is 10.2. The van der Waals surface area contributed by atoms with Gasteiger partial charge in [0.05, 0.1) is 30.3 Å². The average Bonchev–Trinajstić information content (AvgIpc) is 3.23. The van der Waals surface area contributed by atoms with Crippen LogP contribution in [0.2, 0.25) is 0 Å². The van der Waals surface area contributed by atoms with Gasteiger partial charge in [-0.3, -0.25) is 4.79 Å². The van der Waals surface area contributed by atoms with Gasteiger partial charge in [0.2, 0.25) is 10.0 Å². The summed E-state index contributed by atoms with van der Waals surface area (Å²) in [5.41, 5.74) is 0.902. The van der Waals surface area contributed by atoms with E-state index in [4.69, 9.17) is 9.84 Å². The lowest BCUT2D eigenvalue weighted by Crippen LogP contribution is -2.26. The molecule has 1 fully saturated rings. The van der Waals surface area contributed by atoms with Gasteiger partial charge in [0.25, 0.3) is 0 Å². The molecule has 2 rings (SSSR count). The van der Waals surface area contributed by atoms with E-state index in [2.05, 4.69) is 0 Å². The molecule has 0 amide bonds. The van der Waals surface area contributed by atoms with E-state index >= 15 is 0 Å². The number of hydrogen-bond acceptors (Lipinski definition) is 6. The maximum Gasteiger partial charge on any atom is 0.326 e. The molecule has 7 nitrogen and oxygen atoms in total. The highest BCUT2D eigenvalue weighted by molar-refractivity contribution is 7.89. The van der Waals surface area contributed by atoms with Crippen molar-refractivity contribution in [2.45, 2.75) is 36.9 Å². The molecule has 1 saturated heterocycles. The summed E-state index contributed by atoms with van der Waals surface area (Å²) in [6.07, 6.45) is -1.34. The lowest BCUT2D eigenvalue weighted by molar-refractivity contribution is -0.143. The maximum atomic E-state index is 12.6. The van der Waals surface area contributed by atoms with Crippen LogP contribution in [-0.4, -0.2) is 60.3 Å². The number of carbonyl (C=O) groups is 1. The van der Waals surface area contributed by atoms with Crippen molar-refractivity contribution in [1.82, 2.24) is 4.31 Å². The third-order valence-electron chi connectivity index (χ3n) is 3.51. The van der Waals surface area contributed by atoms with Gasteiger partial charge in [-0.25, -0.2) is 8.42 Å². The van der Waals surface area contributed by atoms with E-state index in [1.54, 1.807) is 19.1 Å². The van der Waals surface area contributed by atoms with Crippen LogP contribution in [0.15, 0.2) is 29.2 Å². The molecule has 2 N–H and O–H groups in total. The van der Waals surface area contributed by atoms with Crippen molar-refractivity contribution >= 4 is 16.0 Å². The Balaban J connectivity index is 2.31. The first-order valence-electron chi connectivity index (χ1n) is 6.90. The molecule has 1 aliphatic heterocycles. The first-order valence-corrected chi connectivity index (χ1v) is 8.34. The van der Waals surface area contributed by atoms with Gasteiger partial charge in [0, 0.05) is 0 Å². The van der Waals surface area contributed by atoms with Crippen molar-refractivity contribution in [1.29, 1.82) is 0 Å². The number of sulfonamides is 1. The summed E-state index contributed by atoms with van der Waals surface area (Å²) in [5, 5.41) is 18.8. The summed E-state index contributed by atoms with van der Waals surface area (Å²) in [6.45, 7) is 2.90. The predicted molar refractivity (Wildman–Crippen MR) is 77.5 cm³/mol. The summed E-state index contributed by atoms with van der Waals surface area (Å²) < 4.78 is 30.9. The minimum absolute atomic E-state index is 0.0278. The van der Waals surface area contributed by atoms with Crippen LogP contribution < -0.4 is 0 Å². The van der Waals surface area contributed by atoms with Crippen LogP contribution in [0.4, 0.5) is 0 Å². The smallest absolute Gasteiger partial charge is 0.326 e. The molecule has 1 aliphatic rings. The van der Waals surface area contributed by atoms with E-state index in [-0.39, 0.29) is 11.5 Å². The fourth-order valence-corrected chi connectivity index (χ4v) is 4.08. The summed E-state index contributed by atoms with van der Waals surface area (Å²) in [6, 6.07) is 4.06. The topological polar surface area (TPSA) is 104 Å². The second-order valence-electron chi connectivity index (χ2n) is 5.09. The number of hydrogen-bond donors (Lipinski definition) is 2. The Morgan fingerprint density at radius 2 is 1.95 bits per heavy atom. The number of aliphatic hydroxyl groups is 2. The zero-order valence-corrected chi connectivity index (χ0v) is 13.2. The molecule has 8 heteroatoms. The zero-order chi connectivity index (χ0) is 16.5. The molecule has 1 heterocycles. The number of ether oxygens (including phenoxy) is 1. The van der Waals surface area contributed by atoms with E-state index in [1.807, 2.05) is 6.92 Å². The molecule has 1 aromatic rings. The molecule has 4 atom stereocenters. The normalized spacial score (nSPS) is 25.5. The highest BCUT2D eigenvalue weighted by Gasteiger charge is 2.63. The molecule has 22 heavy (non-hydrogen) atoms. The summed E-state index contributed by atoms with van der Waals surface area (Å²) in [7, 11) is -3.94. The van der Waals surface area contributed by atoms with Crippen LogP contribution in [0, 0.1) is 6.92 Å². The third kappa shape index (κ3) is 3.00. The zero-order valence-electron chi connectivity index (χ0n) is 12.3. The van der Waals surface area contributed by atoms with Gasteiger partial charge >= 0.3 is 5.97 Å². The van der Waals surface area contributed by atoms with Crippen molar-refractivity contribution in [3.63, 3.8) is 0 Å². The largest absolute Gasteiger partial charge is 0.465 e. The number of benzene rings is 1. The van der Waals surface area contributed by atoms with E-state index in [1.165, 1.54) is 12.1 Å². The SMILES string of the molecule is CCOC(=O)[C@H]1[C@H]([C@H](O)CO)N1S(=O)(=O)c1ccc(C)cc1. The van der Waals surface area contributed by atoms with Gasteiger partial charge in [-0.2, -0.15) is 4.31 Å². The molecule has 0 bridgehead atoms. The molecular weight excluding hydrogens is 310 g/mol. The minimum Gasteiger partial charge on any atom is -0.465 e. The quantitative estimate of drug-likeness (QED) is 0.546. The Labute approximate surface area is 129 Å². The molecule has 0 aromatic heterocycles. The maximum absolute atomic E-state index is 12.6. The van der Waals surface area contributed by atoms with Gasteiger partial charge in [-0.1, -0.05) is 17.7 Å². The van der Waals surface area contributed by atoms with Crippen molar-refractivity contribution in [2.75, 3.05) is 13.2 Å². The lowest BCUT2D eigenvalue weighted by Gasteiger charge is -2.08. The van der Waals surface area contributed by atoms with Gasteiger partial charge in [0.15, 0.2) is 0 Å². The number of rotatable bonds is 6. The monoisotopic (exact) mass is 329 g/mol. The van der Waals surface area contributed by atoms with E-state index in [0.29, 0.717) is 0 Å². The highest BCUT2D eigenvalue weighted by Crippen LogP contribution is 2.38. The first-order chi connectivity index (χ1) is 10.3. The highest BCUT2D eigenvalue weighted by atomic mass is 32.2. The molecule has 0 saturated carbocycles. The fraction of sp³-hybridized carbons (Fsp3) is 0.500. The van der Waals surface area contributed by atoms with Gasteiger partial charge in [0.1, 0.15) is 6.04 Å². The van der Waals surface area contributed by atoms with Crippen molar-refractivity contribution in [3.8, 4) is 0 Å². The predicted octanol–water partition coefficient (Wildman–Crippen LogP) is -0.347. The number of aryl methyl sites for hydroxylation is 1. The molecule has 0 radical (unpaired) electrons. The fourth-order valence-electron chi connectivity index (χ4n) is 2.33. The molecule has 1 unspecified atom stereocenters. The number of nitrogens with zero attached hydrogens (tertiary/aromatic N) is 1. The van der Waals surface area contributed by atoms with Crippen LogP contribution >= 0.6 is 0 Å². The van der Waals surface area contributed by atoms with Gasteiger partial charge < -0.3 is 14.9 Å². The van der Waals surface area contributed by atoms with Crippen LogP contribution in [0.5, 0.6) is 0 Å². The summed E-state index contributed by atoms with van der Waals surface area (Å²) >= 11 is 0. The summed E-state index contributed by atoms with van der Waals surface area (Å²) in [5.74, 6) is -0.726. The second-order valence-corrected chi connectivity index (χ2v) is 6.93. The second kappa shape index (κ2) is 6.33. The number of aliphatic hydroxyl groups excluding tert-OH is 2. The number of esters is 1. The van der Waals surface area contributed by atoms with E-state index < -0.39 is 40.8 Å². The van der Waals surface area contributed by atoms with Crippen molar-refractivity contribution in [2.24, 2.45) is 0 Å². The number of carbonyl (C=O) groups excluding carboxylic acids is 1. The minimum atomic E-state index is -3.94. The average molecular weight is 329 g/mol. The third-order valence-corrected chi connectivity index (χ3v) is 5.40. The Hall–Kier alpha value is -1.48. The van der Waals surface area contributed by atoms with Gasteiger partial charge in [-0.05, 0) is 26.0 Å². The van der Waals surface area contributed by atoms with Crippen LogP contribution in [-0.2, 0) is 19.6 Å². The summed E-state index contributed by atoms with van der Waals surface area (Å²) in [4.78, 5) is 11.9. The molecule has 122 valence electrons. The molecular formula is C14H19NO6S. The van der Waals surface area contributed by atoms with E-state index in [0.717, 1.165) is 9.87 Å². The Kier molecular flexibility index (Phi) is 4.86. The molecule has 0 aliphatic carbocycles. The Bertz CT molecular complexity index is 642. The Morgan fingerprint density at radius 3 is 2.45 bits per heavy atom. The van der Waals surface area contributed by atoms with E-state index in [9.17, 15) is 18.3 Å². The Morgan fingerprint density at radius 1 is 1.36 bits per heavy atom. The molecule has 1 aromatic carbocycles. The van der Waals surface area contributed by atoms with Crippen LogP contribution in [0.25, 0.3) is 0 Å². The van der Waals surface area contributed by atoms with Crippen molar-refractivity contribution in [3.05, 3.63) is 29.8 Å². The van der Waals surface area contributed by atoms with Gasteiger partial charge in [-0.15, -0.1) is 0 Å². The van der Waals surface area contributed by atoms with Crippen LogP contribution in [0.3, 0.4) is 0 Å².